The van der Waals surface area contributed by atoms with E-state index >= 15 is 0 Å². The molecule has 0 fully saturated rings. The number of nitrogens with zero attached hydrogens (tertiary/aromatic N) is 1. The highest BCUT2D eigenvalue weighted by molar-refractivity contribution is 7.09. The van der Waals surface area contributed by atoms with Crippen LogP contribution in [0.3, 0.4) is 0 Å². The Hall–Kier alpha value is -1.19. The Bertz CT molecular complexity index is 639. The van der Waals surface area contributed by atoms with Gasteiger partial charge in [0.15, 0.2) is 0 Å². The van der Waals surface area contributed by atoms with Gasteiger partial charge in [-0.2, -0.15) is 0 Å². The van der Waals surface area contributed by atoms with Gasteiger partial charge in [0.05, 0.1) is 11.2 Å². The van der Waals surface area contributed by atoms with Crippen molar-refractivity contribution < 1.29 is 0 Å². The fraction of sp³-hybridized carbons (Fsp3) is 0.500. The molecule has 0 amide bonds. The Morgan fingerprint density at radius 3 is 2.67 bits per heavy atom. The van der Waals surface area contributed by atoms with Crippen LogP contribution in [-0.4, -0.2) is 4.98 Å². The van der Waals surface area contributed by atoms with Crippen LogP contribution in [0.4, 0.5) is 0 Å². The number of hydrogen-bond donors (Lipinski definition) is 1. The zero-order chi connectivity index (χ0) is 15.1. The van der Waals surface area contributed by atoms with Crippen LogP contribution in [0.5, 0.6) is 0 Å². The predicted molar refractivity (Wildman–Crippen MR) is 89.8 cm³/mol. The van der Waals surface area contributed by atoms with Crippen LogP contribution >= 0.6 is 11.3 Å². The van der Waals surface area contributed by atoms with Gasteiger partial charge in [-0.1, -0.05) is 51.5 Å². The van der Waals surface area contributed by atoms with Crippen molar-refractivity contribution >= 4 is 11.3 Å². The van der Waals surface area contributed by atoms with Gasteiger partial charge in [-0.15, -0.1) is 11.3 Å². The highest BCUT2D eigenvalue weighted by Gasteiger charge is 2.36. The third-order valence-corrected chi connectivity index (χ3v) is 5.44. The van der Waals surface area contributed by atoms with Crippen LogP contribution in [0.15, 0.2) is 29.6 Å². The number of rotatable bonds is 1. The quantitative estimate of drug-likeness (QED) is 0.794. The number of hydrogen-bond acceptors (Lipinski definition) is 3. The molecule has 0 radical (unpaired) electrons. The van der Waals surface area contributed by atoms with Crippen LogP contribution in [0, 0.1) is 0 Å². The molecule has 0 saturated carbocycles. The summed E-state index contributed by atoms with van der Waals surface area (Å²) in [5, 5.41) is 3.25. The van der Waals surface area contributed by atoms with Gasteiger partial charge in [0.2, 0.25) is 0 Å². The summed E-state index contributed by atoms with van der Waals surface area (Å²) in [5.41, 5.74) is 10.4. The Balaban J connectivity index is 2.09. The third-order valence-electron chi connectivity index (χ3n) is 4.42. The summed E-state index contributed by atoms with van der Waals surface area (Å²) in [6.07, 6.45) is 4.50. The van der Waals surface area contributed by atoms with E-state index in [-0.39, 0.29) is 5.41 Å². The van der Waals surface area contributed by atoms with Gasteiger partial charge in [0.1, 0.15) is 5.01 Å². The molecule has 1 aromatic carbocycles. The van der Waals surface area contributed by atoms with Crippen molar-refractivity contribution in [2.75, 3.05) is 0 Å². The zero-order valence-corrected chi connectivity index (χ0v) is 14.0. The minimum absolute atomic E-state index is 0.0787. The van der Waals surface area contributed by atoms with Gasteiger partial charge in [-0.3, -0.25) is 0 Å². The molecule has 2 aromatic rings. The van der Waals surface area contributed by atoms with Crippen LogP contribution in [0.2, 0.25) is 0 Å². The minimum atomic E-state index is -0.415. The van der Waals surface area contributed by atoms with Crippen molar-refractivity contribution in [2.24, 2.45) is 5.73 Å². The number of aryl methyl sites for hydroxylation is 1. The first-order valence-electron chi connectivity index (χ1n) is 7.75. The second kappa shape index (κ2) is 5.22. The second-order valence-corrected chi connectivity index (χ2v) is 7.98. The number of fused-ring (bicyclic) bond motifs is 1. The lowest BCUT2D eigenvalue weighted by Crippen LogP contribution is -2.38. The average Bonchev–Trinajstić information content (AvgIpc) is 2.88. The van der Waals surface area contributed by atoms with Crippen molar-refractivity contribution in [1.82, 2.24) is 4.98 Å². The maximum atomic E-state index is 6.90. The fourth-order valence-electron chi connectivity index (χ4n) is 3.07. The first kappa shape index (κ1) is 14.7. The number of aromatic nitrogens is 1. The maximum Gasteiger partial charge on any atom is 0.117 e. The Morgan fingerprint density at radius 1 is 1.19 bits per heavy atom. The van der Waals surface area contributed by atoms with Crippen molar-refractivity contribution in [1.29, 1.82) is 0 Å². The molecule has 21 heavy (non-hydrogen) atoms. The van der Waals surface area contributed by atoms with Gasteiger partial charge in [0, 0.05) is 10.8 Å². The lowest BCUT2D eigenvalue weighted by Gasteiger charge is -2.28. The Labute approximate surface area is 131 Å². The molecule has 2 N–H and O–H groups in total. The normalized spacial score (nSPS) is 22.7. The Kier molecular flexibility index (Phi) is 3.66. The van der Waals surface area contributed by atoms with E-state index in [4.69, 9.17) is 10.7 Å². The lowest BCUT2D eigenvalue weighted by molar-refractivity contribution is 0.471. The zero-order valence-electron chi connectivity index (χ0n) is 13.1. The predicted octanol–water partition coefficient (Wildman–Crippen LogP) is 4.37. The van der Waals surface area contributed by atoms with Gasteiger partial charge in [0.25, 0.3) is 0 Å². The monoisotopic (exact) mass is 300 g/mol. The van der Waals surface area contributed by atoms with Crippen LogP contribution < -0.4 is 5.73 Å². The molecule has 0 bridgehead atoms. The molecule has 1 aliphatic rings. The smallest absolute Gasteiger partial charge is 0.117 e. The number of thiazole rings is 1. The minimum Gasteiger partial charge on any atom is -0.316 e. The van der Waals surface area contributed by atoms with Crippen LogP contribution in [0.1, 0.15) is 61.9 Å². The van der Waals surface area contributed by atoms with E-state index in [9.17, 15) is 0 Å². The van der Waals surface area contributed by atoms with E-state index < -0.39 is 5.54 Å². The van der Waals surface area contributed by atoms with Crippen molar-refractivity contribution in [3.8, 4) is 0 Å². The van der Waals surface area contributed by atoms with E-state index in [0.717, 1.165) is 30.0 Å². The topological polar surface area (TPSA) is 38.9 Å². The van der Waals surface area contributed by atoms with E-state index in [2.05, 4.69) is 50.4 Å². The van der Waals surface area contributed by atoms with Crippen molar-refractivity contribution in [3.63, 3.8) is 0 Å². The number of benzene rings is 1. The summed E-state index contributed by atoms with van der Waals surface area (Å²) < 4.78 is 0. The van der Waals surface area contributed by atoms with E-state index in [1.165, 1.54) is 17.5 Å². The third kappa shape index (κ3) is 2.65. The van der Waals surface area contributed by atoms with E-state index in [1.807, 2.05) is 0 Å². The number of nitrogens with two attached hydrogens (primary N) is 1. The first-order chi connectivity index (χ1) is 9.91. The molecule has 2 nitrogen and oxygen atoms in total. The van der Waals surface area contributed by atoms with E-state index in [1.54, 1.807) is 11.3 Å². The molecule has 0 spiro atoms. The summed E-state index contributed by atoms with van der Waals surface area (Å²) in [6, 6.07) is 8.64. The van der Waals surface area contributed by atoms with Crippen LogP contribution in [0.25, 0.3) is 0 Å². The fourth-order valence-corrected chi connectivity index (χ4v) is 4.28. The lowest BCUT2D eigenvalue weighted by atomic mass is 9.85. The second-order valence-electron chi connectivity index (χ2n) is 7.12. The molecule has 112 valence electrons. The SMILES string of the molecule is CC(C)(C)c1csc(C2(N)CCCCc3ccccc32)n1. The van der Waals surface area contributed by atoms with E-state index in [0.29, 0.717) is 0 Å². The molecular formula is C18H24N2S. The maximum absolute atomic E-state index is 6.90. The summed E-state index contributed by atoms with van der Waals surface area (Å²) in [7, 11) is 0. The van der Waals surface area contributed by atoms with Gasteiger partial charge in [-0.05, 0) is 30.4 Å². The van der Waals surface area contributed by atoms with Gasteiger partial charge in [-0.25, -0.2) is 4.98 Å². The molecule has 3 rings (SSSR count). The molecule has 1 atom stereocenters. The highest BCUT2D eigenvalue weighted by Crippen LogP contribution is 2.39. The largest absolute Gasteiger partial charge is 0.316 e. The van der Waals surface area contributed by atoms with Crippen LogP contribution in [-0.2, 0) is 17.4 Å². The summed E-state index contributed by atoms with van der Waals surface area (Å²) >= 11 is 1.72. The van der Waals surface area contributed by atoms with Crippen molar-refractivity contribution in [2.45, 2.75) is 57.4 Å². The summed E-state index contributed by atoms with van der Waals surface area (Å²) in [4.78, 5) is 4.91. The molecule has 1 heterocycles. The summed E-state index contributed by atoms with van der Waals surface area (Å²) in [6.45, 7) is 6.61. The summed E-state index contributed by atoms with van der Waals surface area (Å²) in [5.74, 6) is 0. The van der Waals surface area contributed by atoms with Gasteiger partial charge < -0.3 is 5.73 Å². The standard InChI is InChI=1S/C18H24N2S/c1-17(2,3)15-12-21-16(20-15)18(19)11-7-6-9-13-8-4-5-10-14(13)18/h4-5,8,10,12H,6-7,9,11,19H2,1-3H3. The highest BCUT2D eigenvalue weighted by atomic mass is 32.1. The van der Waals surface area contributed by atoms with Gasteiger partial charge >= 0.3 is 0 Å². The molecule has 0 aliphatic heterocycles. The van der Waals surface area contributed by atoms with Crippen molar-refractivity contribution in [3.05, 3.63) is 51.5 Å². The molecular weight excluding hydrogens is 276 g/mol. The molecule has 3 heteroatoms. The first-order valence-corrected chi connectivity index (χ1v) is 8.63. The Morgan fingerprint density at radius 2 is 1.95 bits per heavy atom. The molecule has 1 unspecified atom stereocenters. The molecule has 0 saturated heterocycles. The molecule has 1 aromatic heterocycles. The average molecular weight is 300 g/mol. The molecule has 1 aliphatic carbocycles.